The first-order valence-corrected chi connectivity index (χ1v) is 4.06. The van der Waals surface area contributed by atoms with Gasteiger partial charge in [-0.25, -0.2) is 4.98 Å². The van der Waals surface area contributed by atoms with Crippen LogP contribution in [0.5, 0.6) is 0 Å². The first kappa shape index (κ1) is 9.56. The summed E-state index contributed by atoms with van der Waals surface area (Å²) in [5, 5.41) is 8.50. The van der Waals surface area contributed by atoms with Crippen LogP contribution < -0.4 is 5.73 Å². The lowest BCUT2D eigenvalue weighted by atomic mass is 10.2. The minimum absolute atomic E-state index is 0.0916. The van der Waals surface area contributed by atoms with E-state index in [1.54, 1.807) is 6.20 Å². The summed E-state index contributed by atoms with van der Waals surface area (Å²) in [6.45, 7) is 1.98. The summed E-state index contributed by atoms with van der Waals surface area (Å²) in [6, 6.07) is 1.88. The summed E-state index contributed by atoms with van der Waals surface area (Å²) in [5.41, 5.74) is 7.30. The van der Waals surface area contributed by atoms with Crippen LogP contribution in [-0.2, 0) is 0 Å². The molecule has 0 radical (unpaired) electrons. The molecule has 1 aromatic rings. The van der Waals surface area contributed by atoms with Gasteiger partial charge in [0.25, 0.3) is 0 Å². The molecule has 0 aliphatic rings. The summed E-state index contributed by atoms with van der Waals surface area (Å²) < 4.78 is 0. The van der Waals surface area contributed by atoms with Gasteiger partial charge in [-0.1, -0.05) is 11.8 Å². The zero-order chi connectivity index (χ0) is 9.68. The predicted octanol–water partition coefficient (Wildman–Crippen LogP) is 0.706. The molecule has 0 unspecified atom stereocenters. The largest absolute Gasteiger partial charge is 0.395 e. The van der Waals surface area contributed by atoms with E-state index in [2.05, 4.69) is 16.8 Å². The second-order valence-corrected chi connectivity index (χ2v) is 2.70. The molecule has 0 atom stereocenters. The molecular formula is C10H12N2O. The van der Waals surface area contributed by atoms with Gasteiger partial charge >= 0.3 is 0 Å². The number of rotatable bonds is 1. The van der Waals surface area contributed by atoms with Crippen molar-refractivity contribution < 1.29 is 5.11 Å². The van der Waals surface area contributed by atoms with E-state index < -0.39 is 0 Å². The van der Waals surface area contributed by atoms with Gasteiger partial charge in [-0.15, -0.1) is 0 Å². The molecule has 0 amide bonds. The highest BCUT2D eigenvalue weighted by molar-refractivity contribution is 5.44. The van der Waals surface area contributed by atoms with E-state index in [-0.39, 0.29) is 6.61 Å². The van der Waals surface area contributed by atoms with Crippen molar-refractivity contribution in [1.82, 2.24) is 4.98 Å². The summed E-state index contributed by atoms with van der Waals surface area (Å²) >= 11 is 0. The van der Waals surface area contributed by atoms with Crippen molar-refractivity contribution >= 4 is 5.82 Å². The molecule has 0 fully saturated rings. The van der Waals surface area contributed by atoms with E-state index in [1.807, 2.05) is 13.0 Å². The van der Waals surface area contributed by atoms with Gasteiger partial charge in [0.15, 0.2) is 0 Å². The monoisotopic (exact) mass is 176 g/mol. The number of anilines is 1. The van der Waals surface area contributed by atoms with Gasteiger partial charge in [0.1, 0.15) is 5.82 Å². The Bertz CT molecular complexity index is 350. The second kappa shape index (κ2) is 4.48. The number of aryl methyl sites for hydroxylation is 1. The van der Waals surface area contributed by atoms with Crippen molar-refractivity contribution in [2.75, 3.05) is 12.3 Å². The van der Waals surface area contributed by atoms with Crippen LogP contribution in [0.4, 0.5) is 5.82 Å². The van der Waals surface area contributed by atoms with E-state index in [0.717, 1.165) is 11.1 Å². The number of nitrogens with zero attached hydrogens (tertiary/aromatic N) is 1. The molecular weight excluding hydrogens is 164 g/mol. The number of aromatic nitrogens is 1. The third kappa shape index (κ3) is 2.77. The summed E-state index contributed by atoms with van der Waals surface area (Å²) in [4.78, 5) is 3.97. The summed E-state index contributed by atoms with van der Waals surface area (Å²) in [6.07, 6.45) is 2.12. The molecule has 0 aliphatic carbocycles. The number of hydrogen-bond donors (Lipinski definition) is 2. The average Bonchev–Trinajstić information content (AvgIpc) is 2.12. The molecule has 1 heterocycles. The number of aliphatic hydroxyl groups excluding tert-OH is 1. The minimum Gasteiger partial charge on any atom is -0.395 e. The standard InChI is InChI=1S/C10H12N2O/c1-8-6-9(4-2-3-5-13)7-12-10(8)11/h6-7,13H,3,5H2,1H3,(H2,11,12). The van der Waals surface area contributed by atoms with Gasteiger partial charge in [-0.05, 0) is 18.6 Å². The fourth-order valence-corrected chi connectivity index (χ4v) is 0.874. The Hall–Kier alpha value is -1.53. The Morgan fingerprint density at radius 3 is 3.00 bits per heavy atom. The van der Waals surface area contributed by atoms with Gasteiger partial charge in [0.2, 0.25) is 0 Å². The predicted molar refractivity (Wildman–Crippen MR) is 52.0 cm³/mol. The van der Waals surface area contributed by atoms with Crippen LogP contribution in [0.3, 0.4) is 0 Å². The molecule has 0 spiro atoms. The molecule has 0 bridgehead atoms. The number of hydrogen-bond acceptors (Lipinski definition) is 3. The quantitative estimate of drug-likeness (QED) is 0.619. The topological polar surface area (TPSA) is 59.1 Å². The maximum atomic E-state index is 8.50. The van der Waals surface area contributed by atoms with Crippen molar-refractivity contribution in [3.05, 3.63) is 23.4 Å². The van der Waals surface area contributed by atoms with Crippen molar-refractivity contribution in [2.24, 2.45) is 0 Å². The van der Waals surface area contributed by atoms with Gasteiger partial charge in [-0.3, -0.25) is 0 Å². The van der Waals surface area contributed by atoms with Crippen molar-refractivity contribution in [1.29, 1.82) is 0 Å². The fraction of sp³-hybridized carbons (Fsp3) is 0.300. The van der Waals surface area contributed by atoms with Crippen molar-refractivity contribution in [3.63, 3.8) is 0 Å². The lowest BCUT2D eigenvalue weighted by molar-refractivity contribution is 0.305. The van der Waals surface area contributed by atoms with E-state index in [1.165, 1.54) is 0 Å². The Kier molecular flexibility index (Phi) is 3.30. The van der Waals surface area contributed by atoms with Crippen LogP contribution >= 0.6 is 0 Å². The average molecular weight is 176 g/mol. The maximum Gasteiger partial charge on any atom is 0.126 e. The number of nitrogens with two attached hydrogens (primary N) is 1. The molecule has 3 nitrogen and oxygen atoms in total. The molecule has 1 rings (SSSR count). The first-order chi connectivity index (χ1) is 6.24. The molecule has 0 saturated carbocycles. The number of aliphatic hydroxyl groups is 1. The second-order valence-electron chi connectivity index (χ2n) is 2.70. The van der Waals surface area contributed by atoms with Gasteiger partial charge in [0.05, 0.1) is 6.61 Å². The Labute approximate surface area is 77.6 Å². The van der Waals surface area contributed by atoms with Crippen molar-refractivity contribution in [2.45, 2.75) is 13.3 Å². The minimum atomic E-state index is 0.0916. The zero-order valence-corrected chi connectivity index (χ0v) is 7.54. The van der Waals surface area contributed by atoms with Gasteiger partial charge in [-0.2, -0.15) is 0 Å². The molecule has 0 aromatic carbocycles. The number of pyridine rings is 1. The van der Waals surface area contributed by atoms with Crippen LogP contribution in [0.15, 0.2) is 12.3 Å². The third-order valence-corrected chi connectivity index (χ3v) is 1.59. The van der Waals surface area contributed by atoms with E-state index in [9.17, 15) is 0 Å². The first-order valence-electron chi connectivity index (χ1n) is 4.06. The molecule has 3 N–H and O–H groups in total. The number of nitrogen functional groups attached to an aromatic ring is 1. The molecule has 13 heavy (non-hydrogen) atoms. The molecule has 68 valence electrons. The fourth-order valence-electron chi connectivity index (χ4n) is 0.874. The van der Waals surface area contributed by atoms with Crippen LogP contribution in [-0.4, -0.2) is 16.7 Å². The molecule has 0 saturated heterocycles. The van der Waals surface area contributed by atoms with E-state index in [0.29, 0.717) is 12.2 Å². The highest BCUT2D eigenvalue weighted by atomic mass is 16.2. The van der Waals surface area contributed by atoms with Gasteiger partial charge in [0, 0.05) is 18.2 Å². The van der Waals surface area contributed by atoms with Crippen LogP contribution in [0.25, 0.3) is 0 Å². The Balaban J connectivity index is 2.81. The van der Waals surface area contributed by atoms with E-state index >= 15 is 0 Å². The Morgan fingerprint density at radius 2 is 2.38 bits per heavy atom. The van der Waals surface area contributed by atoms with Crippen molar-refractivity contribution in [3.8, 4) is 11.8 Å². The zero-order valence-electron chi connectivity index (χ0n) is 7.54. The van der Waals surface area contributed by atoms with E-state index in [4.69, 9.17) is 10.8 Å². The molecule has 3 heteroatoms. The molecule has 0 aliphatic heterocycles. The normalized spacial score (nSPS) is 9.08. The van der Waals surface area contributed by atoms with Crippen LogP contribution in [0.1, 0.15) is 17.5 Å². The van der Waals surface area contributed by atoms with Gasteiger partial charge < -0.3 is 10.8 Å². The van der Waals surface area contributed by atoms with Crippen LogP contribution in [0.2, 0.25) is 0 Å². The highest BCUT2D eigenvalue weighted by Crippen LogP contribution is 2.07. The van der Waals surface area contributed by atoms with Crippen LogP contribution in [0, 0.1) is 18.8 Å². The summed E-state index contributed by atoms with van der Waals surface area (Å²) in [5.74, 6) is 6.24. The Morgan fingerprint density at radius 1 is 1.62 bits per heavy atom. The third-order valence-electron chi connectivity index (χ3n) is 1.59. The maximum absolute atomic E-state index is 8.50. The highest BCUT2D eigenvalue weighted by Gasteiger charge is 1.94. The SMILES string of the molecule is Cc1cc(C#CCCO)cnc1N. The lowest BCUT2D eigenvalue weighted by Crippen LogP contribution is -1.93. The summed E-state index contributed by atoms with van der Waals surface area (Å²) in [7, 11) is 0. The molecule has 1 aromatic heterocycles. The smallest absolute Gasteiger partial charge is 0.126 e. The lowest BCUT2D eigenvalue weighted by Gasteiger charge is -1.97.